The van der Waals surface area contributed by atoms with Crippen LogP contribution in [0.4, 0.5) is 4.79 Å². The van der Waals surface area contributed by atoms with Gasteiger partial charge < -0.3 is 14.4 Å². The van der Waals surface area contributed by atoms with Gasteiger partial charge in [0.15, 0.2) is 0 Å². The summed E-state index contributed by atoms with van der Waals surface area (Å²) < 4.78 is 11.2. The molecule has 24 heavy (non-hydrogen) atoms. The maximum Gasteiger partial charge on any atom is 0.410 e. The number of nitrogens with zero attached hydrogens (tertiary/aromatic N) is 1. The van der Waals surface area contributed by atoms with Crippen molar-refractivity contribution >= 4 is 6.09 Å². The molecule has 0 bridgehead atoms. The van der Waals surface area contributed by atoms with Gasteiger partial charge in [-0.05, 0) is 51.5 Å². The van der Waals surface area contributed by atoms with Crippen molar-refractivity contribution in [2.24, 2.45) is 5.92 Å². The zero-order valence-corrected chi connectivity index (χ0v) is 15.0. The van der Waals surface area contributed by atoms with Gasteiger partial charge in [0.25, 0.3) is 0 Å². The molecule has 0 saturated carbocycles. The van der Waals surface area contributed by atoms with Crippen molar-refractivity contribution in [3.63, 3.8) is 0 Å². The Morgan fingerprint density at radius 2 is 1.83 bits per heavy atom. The highest BCUT2D eigenvalue weighted by Crippen LogP contribution is 2.38. The Balaban J connectivity index is 1.78. The smallest absolute Gasteiger partial charge is 0.410 e. The Morgan fingerprint density at radius 1 is 1.17 bits per heavy atom. The highest BCUT2D eigenvalue weighted by Gasteiger charge is 2.42. The van der Waals surface area contributed by atoms with Crippen molar-refractivity contribution in [1.82, 2.24) is 4.90 Å². The molecular weight excluding hydrogens is 302 g/mol. The first-order valence-corrected chi connectivity index (χ1v) is 9.06. The number of hydrogen-bond donors (Lipinski definition) is 0. The lowest BCUT2D eigenvalue weighted by Crippen LogP contribution is -2.44. The van der Waals surface area contributed by atoms with E-state index in [1.54, 1.807) is 0 Å². The molecule has 1 aromatic rings. The summed E-state index contributed by atoms with van der Waals surface area (Å²) in [6.45, 7) is 8.15. The van der Waals surface area contributed by atoms with E-state index in [1.165, 1.54) is 5.56 Å². The van der Waals surface area contributed by atoms with E-state index in [2.05, 4.69) is 24.3 Å². The van der Waals surface area contributed by atoms with Gasteiger partial charge in [-0.25, -0.2) is 4.79 Å². The molecule has 2 heterocycles. The summed E-state index contributed by atoms with van der Waals surface area (Å²) in [6, 6.07) is 10.8. The second-order valence-corrected chi connectivity index (χ2v) is 7.99. The topological polar surface area (TPSA) is 38.8 Å². The molecule has 0 radical (unpaired) electrons. The van der Waals surface area contributed by atoms with Gasteiger partial charge >= 0.3 is 6.09 Å². The predicted octanol–water partition coefficient (Wildman–Crippen LogP) is 4.21. The minimum Gasteiger partial charge on any atom is -0.444 e. The van der Waals surface area contributed by atoms with Crippen LogP contribution in [0.3, 0.4) is 0 Å². The zero-order valence-electron chi connectivity index (χ0n) is 15.0. The lowest BCUT2D eigenvalue weighted by Gasteiger charge is -2.34. The van der Waals surface area contributed by atoms with E-state index in [-0.39, 0.29) is 12.1 Å². The van der Waals surface area contributed by atoms with Crippen molar-refractivity contribution in [1.29, 1.82) is 0 Å². The van der Waals surface area contributed by atoms with Crippen LogP contribution >= 0.6 is 0 Å². The molecule has 2 fully saturated rings. The molecule has 0 aromatic heterocycles. The van der Waals surface area contributed by atoms with E-state index in [0.717, 1.165) is 39.0 Å². The summed E-state index contributed by atoms with van der Waals surface area (Å²) in [5, 5.41) is 0. The molecule has 0 N–H and O–H groups in total. The number of benzene rings is 1. The molecule has 2 unspecified atom stereocenters. The number of likely N-dealkylation sites (tertiary alicyclic amines) is 1. The molecular formula is C20H29NO3. The fourth-order valence-corrected chi connectivity index (χ4v) is 3.91. The normalized spacial score (nSPS) is 25.7. The van der Waals surface area contributed by atoms with Gasteiger partial charge in [0, 0.05) is 31.7 Å². The maximum atomic E-state index is 12.8. The van der Waals surface area contributed by atoms with Crippen molar-refractivity contribution in [2.45, 2.75) is 57.6 Å². The lowest BCUT2D eigenvalue weighted by atomic mass is 9.87. The molecule has 2 atom stereocenters. The fraction of sp³-hybridized carbons (Fsp3) is 0.650. The Hall–Kier alpha value is -1.55. The van der Waals surface area contributed by atoms with Crippen LogP contribution in [-0.4, -0.2) is 42.4 Å². The van der Waals surface area contributed by atoms with Crippen molar-refractivity contribution in [3.8, 4) is 0 Å². The Labute approximate surface area is 145 Å². The largest absolute Gasteiger partial charge is 0.444 e. The number of amides is 1. The van der Waals surface area contributed by atoms with Crippen molar-refractivity contribution < 1.29 is 14.3 Å². The molecule has 3 rings (SSSR count). The van der Waals surface area contributed by atoms with Crippen LogP contribution in [0, 0.1) is 5.92 Å². The molecule has 2 aliphatic heterocycles. The second-order valence-electron chi connectivity index (χ2n) is 7.99. The van der Waals surface area contributed by atoms with Crippen LogP contribution in [0.1, 0.15) is 51.5 Å². The van der Waals surface area contributed by atoms with E-state index in [0.29, 0.717) is 11.8 Å². The molecule has 1 aromatic carbocycles. The van der Waals surface area contributed by atoms with Crippen molar-refractivity contribution in [3.05, 3.63) is 35.9 Å². The molecule has 0 aliphatic carbocycles. The summed E-state index contributed by atoms with van der Waals surface area (Å²) >= 11 is 0. The number of carbonyl (C=O) groups is 1. The Morgan fingerprint density at radius 3 is 2.46 bits per heavy atom. The summed E-state index contributed by atoms with van der Waals surface area (Å²) in [5.41, 5.74) is 0.864. The Kier molecular flexibility index (Phi) is 5.14. The lowest BCUT2D eigenvalue weighted by molar-refractivity contribution is 0.00283. The summed E-state index contributed by atoms with van der Waals surface area (Å²) in [7, 11) is 0. The van der Waals surface area contributed by atoms with E-state index in [4.69, 9.17) is 9.47 Å². The number of ether oxygens (including phenoxy) is 2. The van der Waals surface area contributed by atoms with Gasteiger partial charge in [0.2, 0.25) is 0 Å². The van der Waals surface area contributed by atoms with E-state index in [9.17, 15) is 4.79 Å². The first-order valence-electron chi connectivity index (χ1n) is 9.06. The van der Waals surface area contributed by atoms with Crippen LogP contribution in [-0.2, 0) is 9.47 Å². The van der Waals surface area contributed by atoms with Gasteiger partial charge in [-0.15, -0.1) is 0 Å². The number of rotatable bonds is 2. The highest BCUT2D eigenvalue weighted by atomic mass is 16.6. The average Bonchev–Trinajstić information content (AvgIpc) is 3.00. The highest BCUT2D eigenvalue weighted by molar-refractivity contribution is 5.69. The van der Waals surface area contributed by atoms with Gasteiger partial charge in [-0.2, -0.15) is 0 Å². The SMILES string of the molecule is CC(C)(C)OC(=O)N1CC(c2ccccc2)CC1C1CCOCC1. The van der Waals surface area contributed by atoms with E-state index < -0.39 is 5.60 Å². The van der Waals surface area contributed by atoms with Gasteiger partial charge in [-0.3, -0.25) is 0 Å². The third-order valence-electron chi connectivity index (χ3n) is 5.05. The molecule has 2 saturated heterocycles. The quantitative estimate of drug-likeness (QED) is 0.815. The number of carbonyl (C=O) groups excluding carboxylic acids is 1. The van der Waals surface area contributed by atoms with Gasteiger partial charge in [0.1, 0.15) is 5.60 Å². The van der Waals surface area contributed by atoms with Gasteiger partial charge in [-0.1, -0.05) is 30.3 Å². The number of hydrogen-bond acceptors (Lipinski definition) is 3. The molecule has 4 nitrogen and oxygen atoms in total. The van der Waals surface area contributed by atoms with Crippen LogP contribution in [0.25, 0.3) is 0 Å². The third-order valence-corrected chi connectivity index (χ3v) is 5.05. The van der Waals surface area contributed by atoms with Crippen LogP contribution in [0.15, 0.2) is 30.3 Å². The predicted molar refractivity (Wildman–Crippen MR) is 94.1 cm³/mol. The van der Waals surface area contributed by atoms with Crippen LogP contribution in [0.2, 0.25) is 0 Å². The zero-order chi connectivity index (χ0) is 17.2. The first kappa shape index (κ1) is 17.3. The minimum atomic E-state index is -0.456. The van der Waals surface area contributed by atoms with Crippen molar-refractivity contribution in [2.75, 3.05) is 19.8 Å². The molecule has 1 amide bonds. The van der Waals surface area contributed by atoms with E-state index >= 15 is 0 Å². The molecule has 2 aliphatic rings. The van der Waals surface area contributed by atoms with Crippen LogP contribution < -0.4 is 0 Å². The molecule has 4 heteroatoms. The first-order chi connectivity index (χ1) is 11.4. The second kappa shape index (κ2) is 7.14. The van der Waals surface area contributed by atoms with Crippen LogP contribution in [0.5, 0.6) is 0 Å². The summed E-state index contributed by atoms with van der Waals surface area (Å²) in [4.78, 5) is 14.7. The minimum absolute atomic E-state index is 0.169. The Bertz CT molecular complexity index is 546. The summed E-state index contributed by atoms with van der Waals surface area (Å²) in [5.74, 6) is 0.909. The third kappa shape index (κ3) is 4.10. The summed E-state index contributed by atoms with van der Waals surface area (Å²) in [6.07, 6.45) is 2.92. The standard InChI is InChI=1S/C20H29NO3/c1-20(2,3)24-19(22)21-14-17(15-7-5-4-6-8-15)13-18(21)16-9-11-23-12-10-16/h4-8,16-18H,9-14H2,1-3H3. The average molecular weight is 331 g/mol. The van der Waals surface area contributed by atoms with E-state index in [1.807, 2.05) is 31.7 Å². The monoisotopic (exact) mass is 331 g/mol. The molecule has 0 spiro atoms. The van der Waals surface area contributed by atoms with Gasteiger partial charge in [0.05, 0.1) is 0 Å². The molecule has 132 valence electrons. The fourth-order valence-electron chi connectivity index (χ4n) is 3.91. The maximum absolute atomic E-state index is 12.8.